The Balaban J connectivity index is 2.22. The molecule has 1 N–H and O–H groups in total. The number of rotatable bonds is 4. The van der Waals surface area contributed by atoms with E-state index in [0.29, 0.717) is 21.7 Å². The summed E-state index contributed by atoms with van der Waals surface area (Å²) in [5.41, 5.74) is 1.67. The van der Waals surface area contributed by atoms with E-state index in [2.05, 4.69) is 4.72 Å². The van der Waals surface area contributed by atoms with Crippen LogP contribution >= 0.6 is 11.6 Å². The molecular weight excluding hydrogens is 313 g/mol. The minimum Gasteiger partial charge on any atom is -0.207 e. The summed E-state index contributed by atoms with van der Waals surface area (Å²) in [5.74, 6) is -0.313. The first kappa shape index (κ1) is 15.9. The van der Waals surface area contributed by atoms with Gasteiger partial charge in [0.15, 0.2) is 0 Å². The van der Waals surface area contributed by atoms with Crippen molar-refractivity contribution in [3.63, 3.8) is 0 Å². The molecule has 0 saturated carbocycles. The molecule has 0 saturated heterocycles. The average molecular weight is 328 g/mol. The maximum Gasteiger partial charge on any atom is 0.241 e. The third-order valence-electron chi connectivity index (χ3n) is 3.20. The SMILES string of the molecule is Cc1cc(CNS(=O)(=O)c2cccc(Cl)c2C)ccc1F. The molecule has 0 spiro atoms. The molecular formula is C15H15ClFNO2S. The number of hydrogen-bond acceptors (Lipinski definition) is 2. The van der Waals surface area contributed by atoms with E-state index in [9.17, 15) is 12.8 Å². The maximum atomic E-state index is 13.2. The van der Waals surface area contributed by atoms with Gasteiger partial charge in [-0.3, -0.25) is 0 Å². The fourth-order valence-electron chi connectivity index (χ4n) is 1.95. The second-order valence-electron chi connectivity index (χ2n) is 4.77. The van der Waals surface area contributed by atoms with Gasteiger partial charge in [0.05, 0.1) is 4.90 Å². The number of halogens is 2. The topological polar surface area (TPSA) is 46.2 Å². The second kappa shape index (κ2) is 6.13. The van der Waals surface area contributed by atoms with Gasteiger partial charge in [0.1, 0.15) is 5.82 Å². The molecule has 21 heavy (non-hydrogen) atoms. The first-order valence-corrected chi connectivity index (χ1v) is 8.17. The zero-order valence-electron chi connectivity index (χ0n) is 11.7. The summed E-state index contributed by atoms with van der Waals surface area (Å²) in [6, 6.07) is 9.21. The van der Waals surface area contributed by atoms with Gasteiger partial charge in [-0.05, 0) is 48.7 Å². The Bertz CT molecular complexity index is 775. The molecule has 3 nitrogen and oxygen atoms in total. The highest BCUT2D eigenvalue weighted by molar-refractivity contribution is 7.89. The van der Waals surface area contributed by atoms with Crippen LogP contribution in [0.2, 0.25) is 5.02 Å². The van der Waals surface area contributed by atoms with E-state index >= 15 is 0 Å². The van der Waals surface area contributed by atoms with Gasteiger partial charge in [-0.15, -0.1) is 0 Å². The van der Waals surface area contributed by atoms with Crippen LogP contribution in [0.1, 0.15) is 16.7 Å². The van der Waals surface area contributed by atoms with Crippen LogP contribution in [0.15, 0.2) is 41.3 Å². The summed E-state index contributed by atoms with van der Waals surface area (Å²) in [7, 11) is -3.66. The summed E-state index contributed by atoms with van der Waals surface area (Å²) < 4.78 is 40.3. The van der Waals surface area contributed by atoms with Crippen molar-refractivity contribution in [3.05, 3.63) is 63.9 Å². The van der Waals surface area contributed by atoms with Gasteiger partial charge in [0.2, 0.25) is 10.0 Å². The molecule has 0 fully saturated rings. The van der Waals surface area contributed by atoms with Crippen LogP contribution < -0.4 is 4.72 Å². The third kappa shape index (κ3) is 3.61. The van der Waals surface area contributed by atoms with Crippen LogP contribution in [0.25, 0.3) is 0 Å². The van der Waals surface area contributed by atoms with E-state index in [1.807, 2.05) is 0 Å². The lowest BCUT2D eigenvalue weighted by Gasteiger charge is -2.10. The van der Waals surface area contributed by atoms with E-state index in [0.717, 1.165) is 0 Å². The molecule has 0 aromatic heterocycles. The lowest BCUT2D eigenvalue weighted by atomic mass is 10.1. The number of aryl methyl sites for hydroxylation is 1. The van der Waals surface area contributed by atoms with Gasteiger partial charge < -0.3 is 0 Å². The molecule has 2 aromatic carbocycles. The fourth-order valence-corrected chi connectivity index (χ4v) is 3.47. The highest BCUT2D eigenvalue weighted by Crippen LogP contribution is 2.22. The molecule has 6 heteroatoms. The zero-order valence-corrected chi connectivity index (χ0v) is 13.2. The van der Waals surface area contributed by atoms with Crippen molar-refractivity contribution in [3.8, 4) is 0 Å². The van der Waals surface area contributed by atoms with E-state index in [4.69, 9.17) is 11.6 Å². The fraction of sp³-hybridized carbons (Fsp3) is 0.200. The molecule has 2 rings (SSSR count). The van der Waals surface area contributed by atoms with Crippen LogP contribution in [-0.2, 0) is 16.6 Å². The summed E-state index contributed by atoms with van der Waals surface area (Å²) >= 11 is 5.94. The number of sulfonamides is 1. The number of nitrogens with one attached hydrogen (secondary N) is 1. The predicted molar refractivity (Wildman–Crippen MR) is 81.4 cm³/mol. The van der Waals surface area contributed by atoms with Crippen LogP contribution in [0.3, 0.4) is 0 Å². The molecule has 0 unspecified atom stereocenters. The lowest BCUT2D eigenvalue weighted by molar-refractivity contribution is 0.580. The Morgan fingerprint density at radius 1 is 1.19 bits per heavy atom. The van der Waals surface area contributed by atoms with Crippen molar-refractivity contribution in [2.45, 2.75) is 25.3 Å². The predicted octanol–water partition coefficient (Wildman–Crippen LogP) is 3.57. The van der Waals surface area contributed by atoms with E-state index in [1.165, 1.54) is 12.1 Å². The van der Waals surface area contributed by atoms with Crippen molar-refractivity contribution in [2.75, 3.05) is 0 Å². The van der Waals surface area contributed by atoms with Gasteiger partial charge >= 0.3 is 0 Å². The van der Waals surface area contributed by atoms with Crippen LogP contribution in [0, 0.1) is 19.7 Å². The van der Waals surface area contributed by atoms with Crippen LogP contribution in [0.4, 0.5) is 4.39 Å². The molecule has 0 amide bonds. The zero-order chi connectivity index (χ0) is 15.6. The Morgan fingerprint density at radius 2 is 1.90 bits per heavy atom. The summed E-state index contributed by atoms with van der Waals surface area (Å²) in [6.07, 6.45) is 0. The molecule has 0 aliphatic carbocycles. The van der Waals surface area contributed by atoms with Crippen molar-refractivity contribution in [1.29, 1.82) is 0 Å². The minimum absolute atomic E-state index is 0.0927. The monoisotopic (exact) mass is 327 g/mol. The second-order valence-corrected chi connectivity index (χ2v) is 6.91. The largest absolute Gasteiger partial charge is 0.241 e. The normalized spacial score (nSPS) is 11.6. The van der Waals surface area contributed by atoms with Crippen molar-refractivity contribution in [1.82, 2.24) is 4.72 Å². The van der Waals surface area contributed by atoms with Crippen LogP contribution in [0.5, 0.6) is 0 Å². The molecule has 0 heterocycles. The van der Waals surface area contributed by atoms with Crippen molar-refractivity contribution < 1.29 is 12.8 Å². The molecule has 112 valence electrons. The first-order chi connectivity index (χ1) is 9.81. The molecule has 0 bridgehead atoms. The van der Waals surface area contributed by atoms with Crippen LogP contribution in [-0.4, -0.2) is 8.42 Å². The quantitative estimate of drug-likeness (QED) is 0.933. The number of hydrogen-bond donors (Lipinski definition) is 1. The molecule has 0 atom stereocenters. The van der Waals surface area contributed by atoms with Crippen molar-refractivity contribution >= 4 is 21.6 Å². The Morgan fingerprint density at radius 3 is 2.57 bits per heavy atom. The average Bonchev–Trinajstić information content (AvgIpc) is 2.43. The standard InChI is InChI=1S/C15H15ClFNO2S/c1-10-8-12(6-7-14(10)17)9-18-21(19,20)15-5-3-4-13(16)11(15)2/h3-8,18H,9H2,1-2H3. The van der Waals surface area contributed by atoms with Gasteiger partial charge in [-0.2, -0.15) is 0 Å². The molecule has 2 aromatic rings. The Labute approximate surface area is 128 Å². The number of benzene rings is 2. The maximum absolute atomic E-state index is 13.2. The lowest BCUT2D eigenvalue weighted by Crippen LogP contribution is -2.24. The summed E-state index contributed by atoms with van der Waals surface area (Å²) in [6.45, 7) is 3.38. The highest BCUT2D eigenvalue weighted by atomic mass is 35.5. The highest BCUT2D eigenvalue weighted by Gasteiger charge is 2.17. The molecule has 0 radical (unpaired) electrons. The Kier molecular flexibility index (Phi) is 4.66. The Hall–Kier alpha value is -1.43. The third-order valence-corrected chi connectivity index (χ3v) is 5.15. The molecule has 0 aliphatic rings. The van der Waals surface area contributed by atoms with Gasteiger partial charge in [0, 0.05) is 11.6 Å². The van der Waals surface area contributed by atoms with E-state index < -0.39 is 10.0 Å². The van der Waals surface area contributed by atoms with Gasteiger partial charge in [0.25, 0.3) is 0 Å². The van der Waals surface area contributed by atoms with Gasteiger partial charge in [-0.1, -0.05) is 29.8 Å². The minimum atomic E-state index is -3.66. The van der Waals surface area contributed by atoms with Crippen molar-refractivity contribution in [2.24, 2.45) is 0 Å². The summed E-state index contributed by atoms with van der Waals surface area (Å²) in [4.78, 5) is 0.147. The first-order valence-electron chi connectivity index (χ1n) is 6.31. The molecule has 0 aliphatic heterocycles. The van der Waals surface area contributed by atoms with E-state index in [1.54, 1.807) is 38.1 Å². The van der Waals surface area contributed by atoms with Gasteiger partial charge in [-0.25, -0.2) is 17.5 Å². The van der Waals surface area contributed by atoms with E-state index in [-0.39, 0.29) is 17.3 Å². The smallest absolute Gasteiger partial charge is 0.207 e. The summed E-state index contributed by atoms with van der Waals surface area (Å²) in [5, 5.41) is 0.399.